The van der Waals surface area contributed by atoms with E-state index in [-0.39, 0.29) is 0 Å². The van der Waals surface area contributed by atoms with Crippen molar-refractivity contribution in [3.05, 3.63) is 21.2 Å². The molecule has 0 aliphatic carbocycles. The molecule has 1 amide bonds. The molecule has 0 saturated carbocycles. The van der Waals surface area contributed by atoms with Crippen molar-refractivity contribution in [2.75, 3.05) is 18.4 Å². The molecule has 0 aromatic carbocycles. The van der Waals surface area contributed by atoms with Crippen LogP contribution in [-0.2, 0) is 4.74 Å². The lowest BCUT2D eigenvalue weighted by atomic mass is 10.2. The summed E-state index contributed by atoms with van der Waals surface area (Å²) >= 11 is 6.73. The Balaban J connectivity index is 2.29. The van der Waals surface area contributed by atoms with Gasteiger partial charge in [-0.2, -0.15) is 0 Å². The van der Waals surface area contributed by atoms with E-state index in [1.807, 2.05) is 26.8 Å². The van der Waals surface area contributed by atoms with E-state index >= 15 is 0 Å². The number of amides is 1. The summed E-state index contributed by atoms with van der Waals surface area (Å²) in [5.74, 6) is 0.731. The van der Waals surface area contributed by atoms with E-state index in [4.69, 9.17) is 4.74 Å². The average molecular weight is 395 g/mol. The van der Waals surface area contributed by atoms with Gasteiger partial charge in [0.1, 0.15) is 11.4 Å². The molecule has 0 radical (unpaired) electrons. The van der Waals surface area contributed by atoms with E-state index < -0.39 is 11.7 Å². The van der Waals surface area contributed by atoms with Crippen LogP contribution in [0.5, 0.6) is 0 Å². The quantitative estimate of drug-likeness (QED) is 0.766. The third-order valence-electron chi connectivity index (χ3n) is 1.89. The van der Waals surface area contributed by atoms with Gasteiger partial charge in [-0.05, 0) is 58.7 Å². The molecule has 7 heteroatoms. The van der Waals surface area contributed by atoms with Crippen molar-refractivity contribution < 1.29 is 9.53 Å². The van der Waals surface area contributed by atoms with E-state index in [1.54, 1.807) is 6.20 Å². The lowest BCUT2D eigenvalue weighted by molar-refractivity contribution is 0.0530. The maximum Gasteiger partial charge on any atom is 0.407 e. The average Bonchev–Trinajstić information content (AvgIpc) is 2.24. The van der Waals surface area contributed by atoms with Gasteiger partial charge in [-0.25, -0.2) is 9.78 Å². The number of anilines is 1. The first-order valence-electron chi connectivity index (χ1n) is 5.80. The molecule has 1 rings (SSSR count). The molecule has 0 aliphatic rings. The third-order valence-corrected chi connectivity index (χ3v) is 2.93. The molecule has 1 aromatic heterocycles. The van der Waals surface area contributed by atoms with Crippen LogP contribution in [0.4, 0.5) is 10.6 Å². The minimum absolute atomic E-state index is 0.419. The number of nitrogens with zero attached hydrogens (tertiary/aromatic N) is 1. The second kappa shape index (κ2) is 7.09. The zero-order valence-corrected chi connectivity index (χ0v) is 14.3. The van der Waals surface area contributed by atoms with Gasteiger partial charge in [-0.3, -0.25) is 0 Å². The molecule has 1 aromatic rings. The van der Waals surface area contributed by atoms with Gasteiger partial charge in [-0.1, -0.05) is 0 Å². The molecule has 5 nitrogen and oxygen atoms in total. The third kappa shape index (κ3) is 6.77. The number of aromatic nitrogens is 1. The van der Waals surface area contributed by atoms with Crippen LogP contribution < -0.4 is 10.6 Å². The fourth-order valence-electron chi connectivity index (χ4n) is 1.20. The number of halogens is 2. The standard InChI is InChI=1S/C12H17Br2N3O2/c1-12(2,3)19-11(18)16-5-4-15-10-9(14)6-8(13)7-17-10/h6-7H,4-5H2,1-3H3,(H,15,17)(H,16,18). The van der Waals surface area contributed by atoms with Gasteiger partial charge in [0.2, 0.25) is 0 Å². The second-order valence-corrected chi connectivity index (χ2v) is 6.61. The van der Waals surface area contributed by atoms with Crippen LogP contribution in [0.2, 0.25) is 0 Å². The van der Waals surface area contributed by atoms with Gasteiger partial charge in [0, 0.05) is 23.8 Å². The van der Waals surface area contributed by atoms with Crippen LogP contribution in [0.25, 0.3) is 0 Å². The maximum atomic E-state index is 11.4. The first-order chi connectivity index (χ1) is 8.78. The van der Waals surface area contributed by atoms with E-state index in [0.717, 1.165) is 14.8 Å². The monoisotopic (exact) mass is 393 g/mol. The largest absolute Gasteiger partial charge is 0.444 e. The first-order valence-corrected chi connectivity index (χ1v) is 7.38. The predicted octanol–water partition coefficient (Wildman–Crippen LogP) is 3.54. The predicted molar refractivity (Wildman–Crippen MR) is 82.4 cm³/mol. The molecule has 0 saturated heterocycles. The summed E-state index contributed by atoms with van der Waals surface area (Å²) in [7, 11) is 0. The van der Waals surface area contributed by atoms with Crippen molar-refractivity contribution in [3.63, 3.8) is 0 Å². The van der Waals surface area contributed by atoms with Crippen molar-refractivity contribution in [1.82, 2.24) is 10.3 Å². The van der Waals surface area contributed by atoms with Gasteiger partial charge < -0.3 is 15.4 Å². The highest BCUT2D eigenvalue weighted by Gasteiger charge is 2.15. The van der Waals surface area contributed by atoms with Crippen molar-refractivity contribution in [2.45, 2.75) is 26.4 Å². The highest BCUT2D eigenvalue weighted by Crippen LogP contribution is 2.22. The number of alkyl carbamates (subject to hydrolysis) is 1. The Morgan fingerprint density at radius 2 is 2.05 bits per heavy atom. The molecule has 19 heavy (non-hydrogen) atoms. The van der Waals surface area contributed by atoms with Crippen LogP contribution in [0.15, 0.2) is 21.2 Å². The summed E-state index contributed by atoms with van der Waals surface area (Å²) in [6.45, 7) is 6.50. The Bertz CT molecular complexity index is 447. The SMILES string of the molecule is CC(C)(C)OC(=O)NCCNc1ncc(Br)cc1Br. The molecule has 0 aliphatic heterocycles. The number of hydrogen-bond acceptors (Lipinski definition) is 4. The molecule has 0 bridgehead atoms. The lowest BCUT2D eigenvalue weighted by Gasteiger charge is -2.19. The van der Waals surface area contributed by atoms with Gasteiger partial charge in [0.05, 0.1) is 4.47 Å². The zero-order chi connectivity index (χ0) is 14.5. The number of nitrogens with one attached hydrogen (secondary N) is 2. The molecule has 0 atom stereocenters. The number of ether oxygens (including phenoxy) is 1. The van der Waals surface area contributed by atoms with Gasteiger partial charge in [-0.15, -0.1) is 0 Å². The van der Waals surface area contributed by atoms with E-state index in [1.165, 1.54) is 0 Å². The summed E-state index contributed by atoms with van der Waals surface area (Å²) < 4.78 is 6.88. The highest BCUT2D eigenvalue weighted by atomic mass is 79.9. The Morgan fingerprint density at radius 1 is 1.37 bits per heavy atom. The number of hydrogen-bond donors (Lipinski definition) is 2. The van der Waals surface area contributed by atoms with Gasteiger partial charge in [0.15, 0.2) is 0 Å². The second-order valence-electron chi connectivity index (χ2n) is 4.84. The van der Waals surface area contributed by atoms with E-state index in [2.05, 4.69) is 47.5 Å². The Hall–Kier alpha value is -0.820. The summed E-state index contributed by atoms with van der Waals surface area (Å²) in [5, 5.41) is 5.77. The summed E-state index contributed by atoms with van der Waals surface area (Å²) in [5.41, 5.74) is -0.478. The minimum Gasteiger partial charge on any atom is -0.444 e. The van der Waals surface area contributed by atoms with Gasteiger partial charge >= 0.3 is 6.09 Å². The number of rotatable bonds is 4. The van der Waals surface area contributed by atoms with Crippen LogP contribution in [0, 0.1) is 0 Å². The first kappa shape index (κ1) is 16.2. The zero-order valence-electron chi connectivity index (χ0n) is 11.1. The fraction of sp³-hybridized carbons (Fsp3) is 0.500. The van der Waals surface area contributed by atoms with Crippen LogP contribution in [0.1, 0.15) is 20.8 Å². The molecule has 1 heterocycles. The summed E-state index contributed by atoms with van der Waals surface area (Å²) in [4.78, 5) is 15.6. The van der Waals surface area contributed by atoms with Crippen molar-refractivity contribution >= 4 is 43.8 Å². The highest BCUT2D eigenvalue weighted by molar-refractivity contribution is 9.11. The number of pyridine rings is 1. The molecular formula is C12H17Br2N3O2. The molecule has 0 unspecified atom stereocenters. The Morgan fingerprint density at radius 3 is 2.63 bits per heavy atom. The topological polar surface area (TPSA) is 63.2 Å². The normalized spacial score (nSPS) is 11.0. The molecule has 0 fully saturated rings. The maximum absolute atomic E-state index is 11.4. The lowest BCUT2D eigenvalue weighted by Crippen LogP contribution is -2.35. The smallest absolute Gasteiger partial charge is 0.407 e. The number of carbonyl (C=O) groups excluding carboxylic acids is 1. The van der Waals surface area contributed by atoms with Crippen molar-refractivity contribution in [1.29, 1.82) is 0 Å². The van der Waals surface area contributed by atoms with Crippen LogP contribution in [0.3, 0.4) is 0 Å². The fourth-order valence-corrected chi connectivity index (χ4v) is 2.33. The Kier molecular flexibility index (Phi) is 6.06. The minimum atomic E-state index is -0.478. The summed E-state index contributed by atoms with van der Waals surface area (Å²) in [6.07, 6.45) is 1.28. The van der Waals surface area contributed by atoms with E-state index in [9.17, 15) is 4.79 Å². The van der Waals surface area contributed by atoms with E-state index in [0.29, 0.717) is 13.1 Å². The van der Waals surface area contributed by atoms with Gasteiger partial charge in [0.25, 0.3) is 0 Å². The molecule has 0 spiro atoms. The summed E-state index contributed by atoms with van der Waals surface area (Å²) in [6, 6.07) is 1.90. The van der Waals surface area contributed by atoms with Crippen molar-refractivity contribution in [3.8, 4) is 0 Å². The molecule has 2 N–H and O–H groups in total. The molecular weight excluding hydrogens is 378 g/mol. The van der Waals surface area contributed by atoms with Crippen LogP contribution >= 0.6 is 31.9 Å². The number of carbonyl (C=O) groups is 1. The Labute approximate surface area is 129 Å². The van der Waals surface area contributed by atoms with Crippen LogP contribution in [-0.4, -0.2) is 29.8 Å². The molecule has 106 valence electrons. The van der Waals surface area contributed by atoms with Crippen molar-refractivity contribution in [2.24, 2.45) is 0 Å².